The summed E-state index contributed by atoms with van der Waals surface area (Å²) >= 11 is 1.85. The maximum absolute atomic E-state index is 3.64. The van der Waals surface area contributed by atoms with Crippen molar-refractivity contribution in [3.63, 3.8) is 0 Å². The Morgan fingerprint density at radius 2 is 2.12 bits per heavy atom. The highest BCUT2D eigenvalue weighted by molar-refractivity contribution is 7.98. The van der Waals surface area contributed by atoms with Gasteiger partial charge in [0.05, 0.1) is 0 Å². The average Bonchev–Trinajstić information content (AvgIpc) is 3.11. The molecule has 0 radical (unpaired) electrons. The first-order chi connectivity index (χ1) is 7.79. The minimum Gasteiger partial charge on any atom is -0.314 e. The van der Waals surface area contributed by atoms with Gasteiger partial charge in [-0.3, -0.25) is 0 Å². The standard InChI is InChI=1S/C14H21NS/c1-11(15-10-12-7-8-12)9-13-5-3-4-6-14(13)16-2/h3-6,11-12,15H,7-10H2,1-2H3. The largest absolute Gasteiger partial charge is 0.314 e. The van der Waals surface area contributed by atoms with E-state index in [1.54, 1.807) is 0 Å². The van der Waals surface area contributed by atoms with E-state index < -0.39 is 0 Å². The lowest BCUT2D eigenvalue weighted by atomic mass is 10.1. The Labute approximate surface area is 103 Å². The van der Waals surface area contributed by atoms with E-state index in [0.29, 0.717) is 6.04 Å². The summed E-state index contributed by atoms with van der Waals surface area (Å²) in [6.45, 7) is 3.50. The van der Waals surface area contributed by atoms with Crippen molar-refractivity contribution in [1.29, 1.82) is 0 Å². The molecule has 0 aromatic heterocycles. The Kier molecular flexibility index (Phi) is 4.30. The lowest BCUT2D eigenvalue weighted by molar-refractivity contribution is 0.523. The summed E-state index contributed by atoms with van der Waals surface area (Å²) < 4.78 is 0. The molecule has 88 valence electrons. The highest BCUT2D eigenvalue weighted by Gasteiger charge is 2.21. The van der Waals surface area contributed by atoms with Crippen molar-refractivity contribution in [3.8, 4) is 0 Å². The lowest BCUT2D eigenvalue weighted by Crippen LogP contribution is -2.30. The van der Waals surface area contributed by atoms with Crippen LogP contribution in [0.15, 0.2) is 29.2 Å². The number of thioether (sulfide) groups is 1. The van der Waals surface area contributed by atoms with Crippen LogP contribution in [0.5, 0.6) is 0 Å². The van der Waals surface area contributed by atoms with Gasteiger partial charge in [-0.2, -0.15) is 0 Å². The van der Waals surface area contributed by atoms with Gasteiger partial charge in [-0.25, -0.2) is 0 Å². The van der Waals surface area contributed by atoms with Gasteiger partial charge in [0, 0.05) is 10.9 Å². The molecule has 1 aliphatic carbocycles. The molecule has 1 N–H and O–H groups in total. The van der Waals surface area contributed by atoms with Crippen molar-refractivity contribution in [2.24, 2.45) is 5.92 Å². The molecule has 1 aromatic carbocycles. The molecule has 0 aliphatic heterocycles. The maximum Gasteiger partial charge on any atom is 0.0102 e. The maximum atomic E-state index is 3.64. The van der Waals surface area contributed by atoms with Gasteiger partial charge in [-0.05, 0) is 56.5 Å². The van der Waals surface area contributed by atoms with E-state index in [1.165, 1.54) is 29.8 Å². The highest BCUT2D eigenvalue weighted by Crippen LogP contribution is 2.28. The molecule has 1 aliphatic rings. The van der Waals surface area contributed by atoms with Crippen LogP contribution in [-0.2, 0) is 6.42 Å². The summed E-state index contributed by atoms with van der Waals surface area (Å²) in [7, 11) is 0. The van der Waals surface area contributed by atoms with Gasteiger partial charge in [-0.15, -0.1) is 11.8 Å². The Hall–Kier alpha value is -0.470. The molecule has 1 saturated carbocycles. The molecule has 0 spiro atoms. The summed E-state index contributed by atoms with van der Waals surface area (Å²) in [4.78, 5) is 1.42. The predicted molar refractivity (Wildman–Crippen MR) is 72.1 cm³/mol. The summed E-state index contributed by atoms with van der Waals surface area (Å²) in [6.07, 6.45) is 6.16. The second-order valence-corrected chi connectivity index (χ2v) is 5.62. The van der Waals surface area contributed by atoms with E-state index in [-0.39, 0.29) is 0 Å². The first kappa shape index (κ1) is 12.0. The van der Waals surface area contributed by atoms with Crippen LogP contribution in [0.2, 0.25) is 0 Å². The van der Waals surface area contributed by atoms with E-state index in [0.717, 1.165) is 12.3 Å². The molecule has 2 heteroatoms. The molecule has 2 rings (SSSR count). The molecule has 0 bridgehead atoms. The van der Waals surface area contributed by atoms with Crippen LogP contribution in [0.3, 0.4) is 0 Å². The van der Waals surface area contributed by atoms with Gasteiger partial charge >= 0.3 is 0 Å². The molecule has 1 fully saturated rings. The van der Waals surface area contributed by atoms with Gasteiger partial charge < -0.3 is 5.32 Å². The lowest BCUT2D eigenvalue weighted by Gasteiger charge is -2.15. The van der Waals surface area contributed by atoms with Crippen LogP contribution in [0.25, 0.3) is 0 Å². The summed E-state index contributed by atoms with van der Waals surface area (Å²) in [5.41, 5.74) is 1.48. The third-order valence-electron chi connectivity index (χ3n) is 3.17. The zero-order chi connectivity index (χ0) is 11.4. The van der Waals surface area contributed by atoms with E-state index >= 15 is 0 Å². The van der Waals surface area contributed by atoms with Gasteiger partial charge in [0.25, 0.3) is 0 Å². The number of hydrogen-bond acceptors (Lipinski definition) is 2. The van der Waals surface area contributed by atoms with E-state index in [1.807, 2.05) is 11.8 Å². The van der Waals surface area contributed by atoms with Crippen molar-refractivity contribution in [1.82, 2.24) is 5.32 Å². The minimum absolute atomic E-state index is 0.592. The average molecular weight is 235 g/mol. The van der Waals surface area contributed by atoms with Gasteiger partial charge in [0.2, 0.25) is 0 Å². The smallest absolute Gasteiger partial charge is 0.0102 e. The Morgan fingerprint density at radius 1 is 1.38 bits per heavy atom. The van der Waals surface area contributed by atoms with Crippen LogP contribution in [0.1, 0.15) is 25.3 Å². The monoisotopic (exact) mass is 235 g/mol. The molecular weight excluding hydrogens is 214 g/mol. The molecule has 1 atom stereocenters. The predicted octanol–water partition coefficient (Wildman–Crippen LogP) is 3.34. The zero-order valence-corrected chi connectivity index (χ0v) is 11.0. The van der Waals surface area contributed by atoms with Crippen molar-refractivity contribution in [2.75, 3.05) is 12.8 Å². The second kappa shape index (κ2) is 5.74. The third-order valence-corrected chi connectivity index (χ3v) is 4.01. The first-order valence-electron chi connectivity index (χ1n) is 6.15. The quantitative estimate of drug-likeness (QED) is 0.759. The second-order valence-electron chi connectivity index (χ2n) is 4.77. The minimum atomic E-state index is 0.592. The van der Waals surface area contributed by atoms with Crippen LogP contribution in [-0.4, -0.2) is 18.8 Å². The van der Waals surface area contributed by atoms with Crippen molar-refractivity contribution >= 4 is 11.8 Å². The molecule has 1 aromatic rings. The number of rotatable bonds is 6. The van der Waals surface area contributed by atoms with E-state index in [4.69, 9.17) is 0 Å². The van der Waals surface area contributed by atoms with Gasteiger partial charge in [-0.1, -0.05) is 18.2 Å². The Balaban J connectivity index is 1.85. The van der Waals surface area contributed by atoms with E-state index in [9.17, 15) is 0 Å². The fraction of sp³-hybridized carbons (Fsp3) is 0.571. The number of hydrogen-bond donors (Lipinski definition) is 1. The number of nitrogens with one attached hydrogen (secondary N) is 1. The van der Waals surface area contributed by atoms with Gasteiger partial charge in [0.1, 0.15) is 0 Å². The molecular formula is C14H21NS. The van der Waals surface area contributed by atoms with Crippen LogP contribution in [0.4, 0.5) is 0 Å². The molecule has 0 saturated heterocycles. The summed E-state index contributed by atoms with van der Waals surface area (Å²) in [6, 6.07) is 9.32. The third kappa shape index (κ3) is 3.53. The first-order valence-corrected chi connectivity index (χ1v) is 7.37. The normalized spacial score (nSPS) is 17.4. The van der Waals surface area contributed by atoms with Crippen LogP contribution in [0, 0.1) is 5.92 Å². The van der Waals surface area contributed by atoms with Crippen molar-refractivity contribution < 1.29 is 0 Å². The van der Waals surface area contributed by atoms with Crippen LogP contribution < -0.4 is 5.32 Å². The fourth-order valence-electron chi connectivity index (χ4n) is 1.96. The van der Waals surface area contributed by atoms with Crippen molar-refractivity contribution in [2.45, 2.75) is 37.1 Å². The summed E-state index contributed by atoms with van der Waals surface area (Å²) in [5, 5.41) is 3.64. The highest BCUT2D eigenvalue weighted by atomic mass is 32.2. The van der Waals surface area contributed by atoms with E-state index in [2.05, 4.69) is 42.8 Å². The molecule has 0 heterocycles. The molecule has 16 heavy (non-hydrogen) atoms. The molecule has 1 nitrogen and oxygen atoms in total. The topological polar surface area (TPSA) is 12.0 Å². The van der Waals surface area contributed by atoms with Crippen LogP contribution >= 0.6 is 11.8 Å². The Morgan fingerprint density at radius 3 is 2.81 bits per heavy atom. The number of benzene rings is 1. The van der Waals surface area contributed by atoms with Crippen molar-refractivity contribution in [3.05, 3.63) is 29.8 Å². The molecule has 1 unspecified atom stereocenters. The molecule has 0 amide bonds. The fourth-order valence-corrected chi connectivity index (χ4v) is 2.59. The SMILES string of the molecule is CSc1ccccc1CC(C)NCC1CC1. The Bertz CT molecular complexity index is 333. The summed E-state index contributed by atoms with van der Waals surface area (Å²) in [5.74, 6) is 0.971. The van der Waals surface area contributed by atoms with Gasteiger partial charge in [0.15, 0.2) is 0 Å². The zero-order valence-electron chi connectivity index (χ0n) is 10.2.